The van der Waals surface area contributed by atoms with Gasteiger partial charge in [-0.25, -0.2) is 0 Å². The van der Waals surface area contributed by atoms with E-state index in [4.69, 9.17) is 5.11 Å². The predicted molar refractivity (Wildman–Crippen MR) is 73.4 cm³/mol. The number of carbonyl (C=O) groups is 1. The summed E-state index contributed by atoms with van der Waals surface area (Å²) >= 11 is 1.24. The van der Waals surface area contributed by atoms with Crippen LogP contribution in [-0.2, 0) is 17.8 Å². The quantitative estimate of drug-likeness (QED) is 0.721. The van der Waals surface area contributed by atoms with Gasteiger partial charge in [-0.2, -0.15) is 0 Å². The van der Waals surface area contributed by atoms with E-state index in [1.54, 1.807) is 0 Å². The Labute approximate surface area is 117 Å². The largest absolute Gasteiger partial charge is 0.481 e. The Balaban J connectivity index is 1.98. The van der Waals surface area contributed by atoms with Crippen LogP contribution in [0.4, 0.5) is 0 Å². The number of carboxylic acid groups (broad SMARTS) is 1. The first kappa shape index (κ1) is 14.3. The van der Waals surface area contributed by atoms with Crippen molar-refractivity contribution in [3.05, 3.63) is 5.82 Å². The van der Waals surface area contributed by atoms with Gasteiger partial charge < -0.3 is 14.6 Å². The number of carboxylic acids is 1. The highest BCUT2D eigenvalue weighted by Crippen LogP contribution is 2.25. The minimum Gasteiger partial charge on any atom is -0.481 e. The third kappa shape index (κ3) is 3.94. The molecule has 2 rings (SSSR count). The normalized spacial score (nSPS) is 15.1. The molecule has 0 amide bonds. The highest BCUT2D eigenvalue weighted by atomic mass is 32.2. The Kier molecular flexibility index (Phi) is 4.81. The van der Waals surface area contributed by atoms with Gasteiger partial charge in [0.2, 0.25) is 0 Å². The Bertz CT molecular complexity index is 445. The van der Waals surface area contributed by atoms with Gasteiger partial charge in [-0.05, 0) is 19.9 Å². The molecule has 1 fully saturated rings. The maximum absolute atomic E-state index is 10.6. The lowest BCUT2D eigenvalue weighted by Crippen LogP contribution is -2.26. The van der Waals surface area contributed by atoms with E-state index in [9.17, 15) is 4.79 Å². The van der Waals surface area contributed by atoms with Crippen LogP contribution in [0.15, 0.2) is 5.16 Å². The molecule has 0 bridgehead atoms. The van der Waals surface area contributed by atoms with Crippen LogP contribution in [0.25, 0.3) is 0 Å². The molecule has 0 saturated heterocycles. The predicted octanol–water partition coefficient (Wildman–Crippen LogP) is 1.11. The van der Waals surface area contributed by atoms with Crippen LogP contribution in [0.1, 0.15) is 25.6 Å². The van der Waals surface area contributed by atoms with E-state index >= 15 is 0 Å². The Morgan fingerprint density at radius 3 is 2.84 bits per heavy atom. The van der Waals surface area contributed by atoms with E-state index in [1.807, 2.05) is 11.5 Å². The number of likely N-dealkylation sites (N-methyl/N-ethyl adjacent to an activating group) is 1. The van der Waals surface area contributed by atoms with Crippen LogP contribution < -0.4 is 0 Å². The van der Waals surface area contributed by atoms with Gasteiger partial charge in [-0.1, -0.05) is 18.7 Å². The zero-order valence-corrected chi connectivity index (χ0v) is 12.2. The topological polar surface area (TPSA) is 71.2 Å². The SMILES string of the molecule is CCc1nnc(SCC(=O)O)n1CCN(C)C1CC1. The lowest BCUT2D eigenvalue weighted by atomic mass is 10.4. The van der Waals surface area contributed by atoms with E-state index in [2.05, 4.69) is 22.1 Å². The summed E-state index contributed by atoms with van der Waals surface area (Å²) in [5.74, 6) is 0.130. The molecule has 1 aromatic heterocycles. The van der Waals surface area contributed by atoms with Gasteiger partial charge in [0.25, 0.3) is 0 Å². The monoisotopic (exact) mass is 284 g/mol. The van der Waals surface area contributed by atoms with Crippen LogP contribution in [0, 0.1) is 0 Å². The number of hydrogen-bond donors (Lipinski definition) is 1. The van der Waals surface area contributed by atoms with Crippen LogP contribution in [0.5, 0.6) is 0 Å². The van der Waals surface area contributed by atoms with Crippen LogP contribution in [0.3, 0.4) is 0 Å². The van der Waals surface area contributed by atoms with E-state index in [0.717, 1.165) is 31.4 Å². The Hall–Kier alpha value is -1.08. The number of nitrogens with zero attached hydrogens (tertiary/aromatic N) is 4. The highest BCUT2D eigenvalue weighted by Gasteiger charge is 2.26. The van der Waals surface area contributed by atoms with Gasteiger partial charge in [0.1, 0.15) is 5.82 Å². The molecule has 106 valence electrons. The average molecular weight is 284 g/mol. The molecule has 1 heterocycles. The summed E-state index contributed by atoms with van der Waals surface area (Å²) in [5, 5.41) is 17.7. The maximum atomic E-state index is 10.6. The van der Waals surface area contributed by atoms with Crippen molar-refractivity contribution in [2.24, 2.45) is 0 Å². The fourth-order valence-corrected chi connectivity index (χ4v) is 2.70. The average Bonchev–Trinajstić information content (AvgIpc) is 3.15. The molecule has 1 aliphatic carbocycles. The maximum Gasteiger partial charge on any atom is 0.313 e. The van der Waals surface area contributed by atoms with Crippen molar-refractivity contribution in [1.82, 2.24) is 19.7 Å². The smallest absolute Gasteiger partial charge is 0.313 e. The van der Waals surface area contributed by atoms with E-state index in [0.29, 0.717) is 5.16 Å². The number of thioether (sulfide) groups is 1. The first-order valence-electron chi connectivity index (χ1n) is 6.58. The number of hydrogen-bond acceptors (Lipinski definition) is 5. The second-order valence-corrected chi connectivity index (χ2v) is 5.74. The molecule has 0 atom stereocenters. The molecule has 0 radical (unpaired) electrons. The number of aliphatic carboxylic acids is 1. The third-order valence-corrected chi connectivity index (χ3v) is 4.23. The zero-order valence-electron chi connectivity index (χ0n) is 11.4. The summed E-state index contributed by atoms with van der Waals surface area (Å²) in [5.41, 5.74) is 0. The number of aryl methyl sites for hydroxylation is 1. The van der Waals surface area contributed by atoms with Gasteiger partial charge >= 0.3 is 5.97 Å². The summed E-state index contributed by atoms with van der Waals surface area (Å²) in [6, 6.07) is 0.733. The van der Waals surface area contributed by atoms with Crippen molar-refractivity contribution in [2.45, 2.75) is 43.9 Å². The molecule has 0 aliphatic heterocycles. The molecule has 6 nitrogen and oxygen atoms in total. The second-order valence-electron chi connectivity index (χ2n) is 4.80. The number of rotatable bonds is 8. The van der Waals surface area contributed by atoms with Gasteiger partial charge in [0.15, 0.2) is 5.16 Å². The lowest BCUT2D eigenvalue weighted by Gasteiger charge is -2.17. The van der Waals surface area contributed by atoms with Crippen LogP contribution >= 0.6 is 11.8 Å². The lowest BCUT2D eigenvalue weighted by molar-refractivity contribution is -0.133. The summed E-state index contributed by atoms with van der Waals surface area (Å²) in [7, 11) is 2.14. The molecule has 0 unspecified atom stereocenters. The molecule has 7 heteroatoms. The number of aromatic nitrogens is 3. The van der Waals surface area contributed by atoms with Gasteiger partial charge in [-0.3, -0.25) is 4.79 Å². The first-order valence-corrected chi connectivity index (χ1v) is 7.57. The fourth-order valence-electron chi connectivity index (χ4n) is 1.99. The molecule has 1 saturated carbocycles. The van der Waals surface area contributed by atoms with Gasteiger partial charge in [0, 0.05) is 25.6 Å². The summed E-state index contributed by atoms with van der Waals surface area (Å²) in [4.78, 5) is 13.0. The molecular weight excluding hydrogens is 264 g/mol. The zero-order chi connectivity index (χ0) is 13.8. The fraction of sp³-hybridized carbons (Fsp3) is 0.750. The molecule has 0 aromatic carbocycles. The van der Waals surface area contributed by atoms with Gasteiger partial charge in [0.05, 0.1) is 5.75 Å². The van der Waals surface area contributed by atoms with Crippen molar-refractivity contribution < 1.29 is 9.90 Å². The van der Waals surface area contributed by atoms with E-state index in [-0.39, 0.29) is 5.75 Å². The molecule has 1 aliphatic rings. The molecule has 1 N–H and O–H groups in total. The third-order valence-electron chi connectivity index (χ3n) is 3.28. The van der Waals surface area contributed by atoms with Crippen molar-refractivity contribution >= 4 is 17.7 Å². The van der Waals surface area contributed by atoms with E-state index in [1.165, 1.54) is 24.6 Å². The van der Waals surface area contributed by atoms with Gasteiger partial charge in [-0.15, -0.1) is 10.2 Å². The van der Waals surface area contributed by atoms with E-state index < -0.39 is 5.97 Å². The molecule has 19 heavy (non-hydrogen) atoms. The summed E-state index contributed by atoms with van der Waals surface area (Å²) in [6.45, 7) is 3.82. The summed E-state index contributed by atoms with van der Waals surface area (Å²) in [6.07, 6.45) is 3.40. The molecular formula is C12H20N4O2S. The van der Waals surface area contributed by atoms with Crippen molar-refractivity contribution in [3.63, 3.8) is 0 Å². The Morgan fingerprint density at radius 2 is 2.26 bits per heavy atom. The molecule has 1 aromatic rings. The highest BCUT2D eigenvalue weighted by molar-refractivity contribution is 7.99. The Morgan fingerprint density at radius 1 is 1.53 bits per heavy atom. The first-order chi connectivity index (χ1) is 9.11. The van der Waals surface area contributed by atoms with Crippen LogP contribution in [-0.4, -0.2) is 56.1 Å². The standard InChI is InChI=1S/C12H20N4O2S/c1-3-10-13-14-12(19-8-11(17)18)16(10)7-6-15(2)9-4-5-9/h9H,3-8H2,1-2H3,(H,17,18). The molecule has 0 spiro atoms. The minimum atomic E-state index is -0.826. The van der Waals surface area contributed by atoms with Crippen molar-refractivity contribution in [2.75, 3.05) is 19.3 Å². The van der Waals surface area contributed by atoms with Crippen molar-refractivity contribution in [3.8, 4) is 0 Å². The van der Waals surface area contributed by atoms with Crippen LogP contribution in [0.2, 0.25) is 0 Å². The minimum absolute atomic E-state index is 0.0281. The summed E-state index contributed by atoms with van der Waals surface area (Å²) < 4.78 is 2.05. The van der Waals surface area contributed by atoms with Crippen molar-refractivity contribution in [1.29, 1.82) is 0 Å². The second kappa shape index (κ2) is 6.38.